The number of hydrogen-bond acceptors (Lipinski definition) is 1. The standard InChI is InChI=1S/C7H5BrF3NO/c1-12-3-5(8)4(2-6(12)13)7(9,10)11/h2-3H,1H3. The number of halogens is 4. The van der Waals surface area contributed by atoms with Crippen molar-refractivity contribution >= 4 is 15.9 Å². The summed E-state index contributed by atoms with van der Waals surface area (Å²) in [6.45, 7) is 0. The zero-order valence-corrected chi connectivity index (χ0v) is 8.11. The number of rotatable bonds is 0. The fraction of sp³-hybridized carbons (Fsp3) is 0.286. The Balaban J connectivity index is 3.41. The maximum Gasteiger partial charge on any atom is 0.417 e. The quantitative estimate of drug-likeness (QED) is 0.697. The van der Waals surface area contributed by atoms with Crippen molar-refractivity contribution in [1.82, 2.24) is 4.57 Å². The third kappa shape index (κ3) is 2.12. The van der Waals surface area contributed by atoms with Gasteiger partial charge in [-0.3, -0.25) is 4.79 Å². The van der Waals surface area contributed by atoms with Gasteiger partial charge in [0, 0.05) is 23.8 Å². The van der Waals surface area contributed by atoms with Crippen molar-refractivity contribution in [2.45, 2.75) is 6.18 Å². The van der Waals surface area contributed by atoms with Crippen LogP contribution < -0.4 is 5.56 Å². The molecule has 1 aromatic heterocycles. The first kappa shape index (κ1) is 10.3. The highest BCUT2D eigenvalue weighted by Crippen LogP contribution is 2.33. The van der Waals surface area contributed by atoms with Gasteiger partial charge in [-0.1, -0.05) is 0 Å². The second-order valence-electron chi connectivity index (χ2n) is 2.48. The highest BCUT2D eigenvalue weighted by molar-refractivity contribution is 9.10. The lowest BCUT2D eigenvalue weighted by atomic mass is 10.2. The molecule has 0 N–H and O–H groups in total. The second kappa shape index (κ2) is 3.17. The second-order valence-corrected chi connectivity index (χ2v) is 3.34. The van der Waals surface area contributed by atoms with Crippen molar-refractivity contribution < 1.29 is 13.2 Å². The van der Waals surface area contributed by atoms with E-state index in [9.17, 15) is 18.0 Å². The molecule has 0 aromatic carbocycles. The summed E-state index contributed by atoms with van der Waals surface area (Å²) in [5.74, 6) is 0. The highest BCUT2D eigenvalue weighted by Gasteiger charge is 2.33. The van der Waals surface area contributed by atoms with Crippen molar-refractivity contribution in [3.63, 3.8) is 0 Å². The van der Waals surface area contributed by atoms with Gasteiger partial charge in [-0.15, -0.1) is 0 Å². The van der Waals surface area contributed by atoms with E-state index in [4.69, 9.17) is 0 Å². The lowest BCUT2D eigenvalue weighted by molar-refractivity contribution is -0.138. The van der Waals surface area contributed by atoms with Gasteiger partial charge in [0.15, 0.2) is 0 Å². The van der Waals surface area contributed by atoms with E-state index in [-0.39, 0.29) is 4.47 Å². The average molecular weight is 256 g/mol. The van der Waals surface area contributed by atoms with E-state index in [2.05, 4.69) is 15.9 Å². The molecule has 0 radical (unpaired) electrons. The SMILES string of the molecule is Cn1cc(Br)c(C(F)(F)F)cc1=O. The number of aryl methyl sites for hydroxylation is 1. The monoisotopic (exact) mass is 255 g/mol. The summed E-state index contributed by atoms with van der Waals surface area (Å²) < 4.78 is 37.5. The lowest BCUT2D eigenvalue weighted by Gasteiger charge is -2.09. The van der Waals surface area contributed by atoms with Gasteiger partial charge < -0.3 is 4.57 Å². The van der Waals surface area contributed by atoms with Gasteiger partial charge in [0.2, 0.25) is 0 Å². The molecule has 0 spiro atoms. The van der Waals surface area contributed by atoms with Crippen molar-refractivity contribution in [2.24, 2.45) is 7.05 Å². The Kier molecular flexibility index (Phi) is 2.51. The van der Waals surface area contributed by atoms with Gasteiger partial charge in [-0.05, 0) is 15.9 Å². The van der Waals surface area contributed by atoms with Crippen molar-refractivity contribution in [3.8, 4) is 0 Å². The Bertz CT molecular complexity index is 382. The van der Waals surface area contributed by atoms with Crippen LogP contribution in [0.3, 0.4) is 0 Å². The molecule has 0 saturated carbocycles. The molecule has 13 heavy (non-hydrogen) atoms. The van der Waals surface area contributed by atoms with Gasteiger partial charge in [-0.2, -0.15) is 13.2 Å². The van der Waals surface area contributed by atoms with Crippen LogP contribution >= 0.6 is 15.9 Å². The molecule has 0 amide bonds. The van der Waals surface area contributed by atoms with Crippen molar-refractivity contribution in [1.29, 1.82) is 0 Å². The molecule has 0 saturated heterocycles. The number of aromatic nitrogens is 1. The minimum Gasteiger partial charge on any atom is -0.317 e. The van der Waals surface area contributed by atoms with Crippen LogP contribution in [0.2, 0.25) is 0 Å². The molecule has 72 valence electrons. The van der Waals surface area contributed by atoms with E-state index in [0.717, 1.165) is 10.8 Å². The largest absolute Gasteiger partial charge is 0.417 e. The van der Waals surface area contributed by atoms with Crippen LogP contribution in [0.25, 0.3) is 0 Å². The Morgan fingerprint density at radius 3 is 2.46 bits per heavy atom. The fourth-order valence-electron chi connectivity index (χ4n) is 0.815. The van der Waals surface area contributed by atoms with Crippen LogP contribution in [0.1, 0.15) is 5.56 Å². The summed E-state index contributed by atoms with van der Waals surface area (Å²) in [5.41, 5.74) is -1.63. The lowest BCUT2D eigenvalue weighted by Crippen LogP contribution is -2.19. The Morgan fingerprint density at radius 2 is 2.00 bits per heavy atom. The topological polar surface area (TPSA) is 22.0 Å². The zero-order chi connectivity index (χ0) is 10.2. The molecule has 0 fully saturated rings. The molecule has 0 unspecified atom stereocenters. The van der Waals surface area contributed by atoms with Crippen LogP contribution in [0.5, 0.6) is 0 Å². The normalized spacial score (nSPS) is 11.8. The summed E-state index contributed by atoms with van der Waals surface area (Å²) in [6.07, 6.45) is -3.41. The molecule has 0 aliphatic heterocycles. The van der Waals surface area contributed by atoms with Crippen LogP contribution in [-0.4, -0.2) is 4.57 Å². The smallest absolute Gasteiger partial charge is 0.317 e. The molecule has 6 heteroatoms. The fourth-order valence-corrected chi connectivity index (χ4v) is 1.46. The molecule has 0 aliphatic rings. The first-order valence-electron chi connectivity index (χ1n) is 3.26. The van der Waals surface area contributed by atoms with Gasteiger partial charge >= 0.3 is 6.18 Å². The molecule has 1 rings (SSSR count). The van der Waals surface area contributed by atoms with Crippen molar-refractivity contribution in [2.75, 3.05) is 0 Å². The predicted molar refractivity (Wildman–Crippen MR) is 44.4 cm³/mol. The summed E-state index contributed by atoms with van der Waals surface area (Å²) in [4.78, 5) is 10.9. The van der Waals surface area contributed by atoms with Crippen LogP contribution in [0.4, 0.5) is 13.2 Å². The van der Waals surface area contributed by atoms with Gasteiger partial charge in [0.25, 0.3) is 5.56 Å². The molecule has 1 aromatic rings. The molecule has 0 atom stereocenters. The third-order valence-electron chi connectivity index (χ3n) is 1.49. The molecule has 0 bridgehead atoms. The predicted octanol–water partition coefficient (Wildman–Crippen LogP) is 2.17. The molecule has 2 nitrogen and oxygen atoms in total. The molecule has 1 heterocycles. The van der Waals surface area contributed by atoms with E-state index in [1.54, 1.807) is 0 Å². The first-order valence-corrected chi connectivity index (χ1v) is 4.05. The van der Waals surface area contributed by atoms with Crippen LogP contribution in [0.15, 0.2) is 21.5 Å². The van der Waals surface area contributed by atoms with E-state index < -0.39 is 17.3 Å². The molecular weight excluding hydrogens is 251 g/mol. The van der Waals surface area contributed by atoms with E-state index >= 15 is 0 Å². The number of nitrogens with zero attached hydrogens (tertiary/aromatic N) is 1. The van der Waals surface area contributed by atoms with Crippen LogP contribution in [-0.2, 0) is 13.2 Å². The summed E-state index contributed by atoms with van der Waals surface area (Å²) in [6, 6.07) is 0.560. The highest BCUT2D eigenvalue weighted by atomic mass is 79.9. The summed E-state index contributed by atoms with van der Waals surface area (Å²) in [7, 11) is 1.38. The maximum absolute atomic E-state index is 12.2. The van der Waals surface area contributed by atoms with E-state index in [1.165, 1.54) is 7.05 Å². The maximum atomic E-state index is 12.2. The third-order valence-corrected chi connectivity index (χ3v) is 2.12. The molecule has 0 aliphatic carbocycles. The summed E-state index contributed by atoms with van der Waals surface area (Å²) in [5, 5.41) is 0. The van der Waals surface area contributed by atoms with Gasteiger partial charge in [-0.25, -0.2) is 0 Å². The average Bonchev–Trinajstić information content (AvgIpc) is 1.94. The minimum absolute atomic E-state index is 0.137. The Hall–Kier alpha value is -0.780. The first-order chi connectivity index (χ1) is 5.82. The molecular formula is C7H5BrF3NO. The number of alkyl halides is 3. The van der Waals surface area contributed by atoms with Gasteiger partial charge in [0.05, 0.1) is 5.56 Å². The van der Waals surface area contributed by atoms with Gasteiger partial charge in [0.1, 0.15) is 0 Å². The minimum atomic E-state index is -4.49. The number of hydrogen-bond donors (Lipinski definition) is 0. The zero-order valence-electron chi connectivity index (χ0n) is 6.52. The summed E-state index contributed by atoms with van der Waals surface area (Å²) >= 11 is 2.74. The van der Waals surface area contributed by atoms with Crippen LogP contribution in [0, 0.1) is 0 Å². The Morgan fingerprint density at radius 1 is 1.46 bits per heavy atom. The van der Waals surface area contributed by atoms with E-state index in [0.29, 0.717) is 6.07 Å². The van der Waals surface area contributed by atoms with E-state index in [1.807, 2.05) is 0 Å². The Labute approximate surface area is 80.1 Å². The van der Waals surface area contributed by atoms with Crippen molar-refractivity contribution in [3.05, 3.63) is 32.7 Å². The number of pyridine rings is 1.